The SMILES string of the molecule is Cc1[nH]c(C2CCC(CNC(=O)O)CC2)nc1-c1cccc(C(F)(F)F)c1. The van der Waals surface area contributed by atoms with Crippen molar-refractivity contribution < 1.29 is 23.1 Å². The zero-order valence-electron chi connectivity index (χ0n) is 14.9. The summed E-state index contributed by atoms with van der Waals surface area (Å²) in [5.41, 5.74) is 1.06. The van der Waals surface area contributed by atoms with Crippen LogP contribution in [0.1, 0.15) is 48.7 Å². The van der Waals surface area contributed by atoms with Crippen LogP contribution in [0.25, 0.3) is 11.3 Å². The Bertz CT molecular complexity index is 809. The third kappa shape index (κ3) is 4.61. The number of benzene rings is 1. The molecule has 146 valence electrons. The van der Waals surface area contributed by atoms with Crippen LogP contribution in [0, 0.1) is 12.8 Å². The van der Waals surface area contributed by atoms with E-state index in [-0.39, 0.29) is 5.92 Å². The lowest BCUT2D eigenvalue weighted by Gasteiger charge is -2.27. The molecule has 1 aromatic carbocycles. The molecule has 1 amide bonds. The normalized spacial score (nSPS) is 20.4. The molecule has 0 unspecified atom stereocenters. The van der Waals surface area contributed by atoms with E-state index in [9.17, 15) is 18.0 Å². The molecular formula is C19H22F3N3O2. The molecule has 1 saturated carbocycles. The maximum absolute atomic E-state index is 13.0. The Hall–Kier alpha value is -2.51. The molecule has 3 N–H and O–H groups in total. The van der Waals surface area contributed by atoms with Crippen LogP contribution in [0.4, 0.5) is 18.0 Å². The van der Waals surface area contributed by atoms with E-state index in [1.165, 1.54) is 6.07 Å². The highest BCUT2D eigenvalue weighted by Crippen LogP contribution is 2.37. The Kier molecular flexibility index (Phi) is 5.43. The average Bonchev–Trinajstić information content (AvgIpc) is 3.01. The van der Waals surface area contributed by atoms with E-state index >= 15 is 0 Å². The van der Waals surface area contributed by atoms with Gasteiger partial charge in [-0.1, -0.05) is 12.1 Å². The summed E-state index contributed by atoms with van der Waals surface area (Å²) in [6.45, 7) is 2.27. The van der Waals surface area contributed by atoms with Crippen LogP contribution in [0.5, 0.6) is 0 Å². The van der Waals surface area contributed by atoms with Crippen molar-refractivity contribution in [2.24, 2.45) is 5.92 Å². The molecule has 1 heterocycles. The summed E-state index contributed by atoms with van der Waals surface area (Å²) in [5, 5.41) is 11.1. The number of aromatic nitrogens is 2. The molecule has 2 aromatic rings. The van der Waals surface area contributed by atoms with E-state index < -0.39 is 17.8 Å². The van der Waals surface area contributed by atoms with E-state index in [0.717, 1.165) is 49.3 Å². The highest BCUT2D eigenvalue weighted by Gasteiger charge is 2.31. The smallest absolute Gasteiger partial charge is 0.416 e. The molecule has 0 atom stereocenters. The van der Waals surface area contributed by atoms with Crippen LogP contribution in [-0.2, 0) is 6.18 Å². The molecule has 3 rings (SSSR count). The number of carboxylic acid groups (broad SMARTS) is 1. The first-order chi connectivity index (χ1) is 12.7. The standard InChI is InChI=1S/C19H22F3N3O2/c1-11-16(14-3-2-4-15(9-14)19(20,21)22)25-17(24-11)13-7-5-12(6-8-13)10-23-18(26)27/h2-4,9,12-13,23H,5-8,10H2,1H3,(H,24,25)(H,26,27). The number of hydrogen-bond donors (Lipinski definition) is 3. The second kappa shape index (κ2) is 7.62. The van der Waals surface area contributed by atoms with Gasteiger partial charge in [-0.2, -0.15) is 13.2 Å². The Labute approximate surface area is 155 Å². The van der Waals surface area contributed by atoms with E-state index in [2.05, 4.69) is 15.3 Å². The lowest BCUT2D eigenvalue weighted by Crippen LogP contribution is -2.29. The van der Waals surface area contributed by atoms with Gasteiger partial charge < -0.3 is 15.4 Å². The zero-order valence-corrected chi connectivity index (χ0v) is 14.9. The van der Waals surface area contributed by atoms with Gasteiger partial charge in [-0.15, -0.1) is 0 Å². The highest BCUT2D eigenvalue weighted by atomic mass is 19.4. The third-order valence-electron chi connectivity index (χ3n) is 5.14. The number of imidazole rings is 1. The first kappa shape index (κ1) is 19.3. The molecule has 0 saturated heterocycles. The molecule has 1 aliphatic rings. The van der Waals surface area contributed by atoms with Crippen LogP contribution in [0.15, 0.2) is 24.3 Å². The quantitative estimate of drug-likeness (QED) is 0.702. The number of nitrogens with one attached hydrogen (secondary N) is 2. The summed E-state index contributed by atoms with van der Waals surface area (Å²) in [6, 6.07) is 5.21. The average molecular weight is 381 g/mol. The van der Waals surface area contributed by atoms with Crippen LogP contribution in [0.2, 0.25) is 0 Å². The summed E-state index contributed by atoms with van der Waals surface area (Å²) in [4.78, 5) is 18.4. The predicted octanol–water partition coefficient (Wildman–Crippen LogP) is 4.95. The molecule has 27 heavy (non-hydrogen) atoms. The molecule has 0 aliphatic heterocycles. The number of halogens is 3. The Balaban J connectivity index is 1.72. The van der Waals surface area contributed by atoms with Gasteiger partial charge in [-0.25, -0.2) is 9.78 Å². The van der Waals surface area contributed by atoms with Gasteiger partial charge in [0.1, 0.15) is 5.82 Å². The van der Waals surface area contributed by atoms with Gasteiger partial charge in [0.15, 0.2) is 0 Å². The summed E-state index contributed by atoms with van der Waals surface area (Å²) in [6.07, 6.45) is -1.86. The third-order valence-corrected chi connectivity index (χ3v) is 5.14. The minimum absolute atomic E-state index is 0.212. The first-order valence-corrected chi connectivity index (χ1v) is 8.95. The van der Waals surface area contributed by atoms with Crippen molar-refractivity contribution >= 4 is 6.09 Å². The number of hydrogen-bond acceptors (Lipinski definition) is 2. The molecule has 0 bridgehead atoms. The fourth-order valence-electron chi connectivity index (χ4n) is 3.67. The topological polar surface area (TPSA) is 78.0 Å². The number of carbonyl (C=O) groups is 1. The first-order valence-electron chi connectivity index (χ1n) is 8.95. The van der Waals surface area contributed by atoms with Crippen LogP contribution in [-0.4, -0.2) is 27.7 Å². The van der Waals surface area contributed by atoms with E-state index in [1.807, 2.05) is 6.92 Å². The summed E-state index contributed by atoms with van der Waals surface area (Å²) in [7, 11) is 0. The van der Waals surface area contributed by atoms with Gasteiger partial charge in [0, 0.05) is 23.7 Å². The van der Waals surface area contributed by atoms with Crippen molar-refractivity contribution in [2.45, 2.75) is 44.7 Å². The molecular weight excluding hydrogens is 359 g/mol. The molecule has 5 nitrogen and oxygen atoms in total. The zero-order chi connectivity index (χ0) is 19.6. The van der Waals surface area contributed by atoms with Gasteiger partial charge in [0.25, 0.3) is 0 Å². The largest absolute Gasteiger partial charge is 0.465 e. The summed E-state index contributed by atoms with van der Waals surface area (Å²) < 4.78 is 38.9. The second-order valence-electron chi connectivity index (χ2n) is 7.08. The van der Waals surface area contributed by atoms with Gasteiger partial charge in [0.2, 0.25) is 0 Å². The number of rotatable bonds is 4. The second-order valence-corrected chi connectivity index (χ2v) is 7.08. The number of alkyl halides is 3. The molecule has 0 spiro atoms. The van der Waals surface area contributed by atoms with Crippen LogP contribution < -0.4 is 5.32 Å². The molecule has 0 radical (unpaired) electrons. The minimum Gasteiger partial charge on any atom is -0.465 e. The number of nitrogens with zero attached hydrogens (tertiary/aromatic N) is 1. The van der Waals surface area contributed by atoms with Gasteiger partial charge >= 0.3 is 12.3 Å². The number of aromatic amines is 1. The van der Waals surface area contributed by atoms with E-state index in [1.54, 1.807) is 6.07 Å². The Morgan fingerprint density at radius 2 is 2.00 bits per heavy atom. The highest BCUT2D eigenvalue weighted by molar-refractivity contribution is 5.64. The predicted molar refractivity (Wildman–Crippen MR) is 94.5 cm³/mol. The van der Waals surface area contributed by atoms with Crippen molar-refractivity contribution in [2.75, 3.05) is 6.54 Å². The van der Waals surface area contributed by atoms with Gasteiger partial charge in [-0.05, 0) is 50.7 Å². The van der Waals surface area contributed by atoms with Crippen molar-refractivity contribution in [1.29, 1.82) is 0 Å². The van der Waals surface area contributed by atoms with Crippen molar-refractivity contribution in [3.05, 3.63) is 41.3 Å². The summed E-state index contributed by atoms with van der Waals surface area (Å²) in [5.74, 6) is 1.32. The van der Waals surface area contributed by atoms with Crippen molar-refractivity contribution in [1.82, 2.24) is 15.3 Å². The van der Waals surface area contributed by atoms with E-state index in [4.69, 9.17) is 5.11 Å². The van der Waals surface area contributed by atoms with Gasteiger partial charge in [0.05, 0.1) is 11.3 Å². The maximum Gasteiger partial charge on any atom is 0.416 e. The monoisotopic (exact) mass is 381 g/mol. The Morgan fingerprint density at radius 1 is 1.30 bits per heavy atom. The maximum atomic E-state index is 13.0. The van der Waals surface area contributed by atoms with E-state index in [0.29, 0.717) is 23.7 Å². The fourth-order valence-corrected chi connectivity index (χ4v) is 3.67. The number of aryl methyl sites for hydroxylation is 1. The lowest BCUT2D eigenvalue weighted by molar-refractivity contribution is -0.137. The minimum atomic E-state index is -4.38. The molecule has 1 fully saturated rings. The van der Waals surface area contributed by atoms with Gasteiger partial charge in [-0.3, -0.25) is 0 Å². The molecule has 1 aliphatic carbocycles. The lowest BCUT2D eigenvalue weighted by atomic mass is 9.81. The number of H-pyrrole nitrogens is 1. The molecule has 1 aromatic heterocycles. The Morgan fingerprint density at radius 3 is 2.63 bits per heavy atom. The number of amides is 1. The van der Waals surface area contributed by atoms with Crippen molar-refractivity contribution in [3.8, 4) is 11.3 Å². The van der Waals surface area contributed by atoms with Crippen molar-refractivity contribution in [3.63, 3.8) is 0 Å². The fraction of sp³-hybridized carbons (Fsp3) is 0.474. The van der Waals surface area contributed by atoms with Crippen LogP contribution >= 0.6 is 0 Å². The molecule has 8 heteroatoms. The van der Waals surface area contributed by atoms with Crippen LogP contribution in [0.3, 0.4) is 0 Å². The summed E-state index contributed by atoms with van der Waals surface area (Å²) >= 11 is 0.